The zero-order valence-electron chi connectivity index (χ0n) is 17.7. The van der Waals surface area contributed by atoms with Crippen LogP contribution >= 0.6 is 0 Å². The van der Waals surface area contributed by atoms with Crippen molar-refractivity contribution in [3.05, 3.63) is 6.54 Å². The molecule has 0 atom stereocenters. The Morgan fingerprint density at radius 2 is 0.929 bits per heavy atom. The fourth-order valence-corrected chi connectivity index (χ4v) is 2.68. The quantitative estimate of drug-likeness (QED) is 0.291. The van der Waals surface area contributed by atoms with Gasteiger partial charge in [-0.05, 0) is 41.2 Å². The molecule has 0 bridgehead atoms. The second kappa shape index (κ2) is 16.2. The van der Waals surface area contributed by atoms with E-state index in [1.165, 1.54) is 34.6 Å². The van der Waals surface area contributed by atoms with Crippen LogP contribution in [0.4, 0.5) is 0 Å². The first kappa shape index (κ1) is 29.5. The van der Waals surface area contributed by atoms with E-state index in [2.05, 4.69) is 0 Å². The Hall–Kier alpha value is -0.666. The van der Waals surface area contributed by atoms with Crippen LogP contribution in [0.3, 0.4) is 0 Å². The Balaban J connectivity index is 0. The van der Waals surface area contributed by atoms with Gasteiger partial charge in [0.15, 0.2) is 0 Å². The Morgan fingerprint density at radius 1 is 0.571 bits per heavy atom. The van der Waals surface area contributed by atoms with Crippen molar-refractivity contribution in [1.82, 2.24) is 14.7 Å². The number of rotatable bonds is 16. The van der Waals surface area contributed by atoms with Crippen molar-refractivity contribution in [3.63, 3.8) is 0 Å². The molecule has 0 aromatic heterocycles. The van der Waals surface area contributed by atoms with Crippen LogP contribution in [-0.2, 0) is 56.7 Å². The zero-order valence-corrected chi connectivity index (χ0v) is 20.5. The molecule has 0 saturated carbocycles. The van der Waals surface area contributed by atoms with Gasteiger partial charge in [0.25, 0.3) is 0 Å². The molecule has 28 heavy (non-hydrogen) atoms. The van der Waals surface area contributed by atoms with Crippen LogP contribution in [0, 0.1) is 6.54 Å². The van der Waals surface area contributed by atoms with Crippen molar-refractivity contribution >= 4 is 28.9 Å². The Morgan fingerprint density at radius 3 is 1.29 bits per heavy atom. The maximum Gasteiger partial charge on any atom is 0.143 e. The smallest absolute Gasteiger partial charge is 0.143 e. The topological polar surface area (TPSA) is 95.1 Å². The van der Waals surface area contributed by atoms with Crippen molar-refractivity contribution < 1.29 is 56.7 Å². The van der Waals surface area contributed by atoms with E-state index in [0.717, 1.165) is 0 Å². The third-order valence-corrected chi connectivity index (χ3v) is 3.51. The summed E-state index contributed by atoms with van der Waals surface area (Å²) in [5, 5.41) is 0. The van der Waals surface area contributed by atoms with Gasteiger partial charge in [0.1, 0.15) is 28.9 Å². The summed E-state index contributed by atoms with van der Waals surface area (Å²) >= 11 is 0. The molecule has 8 nitrogen and oxygen atoms in total. The van der Waals surface area contributed by atoms with Gasteiger partial charge in [-0.25, -0.2) is 0 Å². The summed E-state index contributed by atoms with van der Waals surface area (Å²) in [6.07, 6.45) is 0. The second-order valence-corrected chi connectivity index (χ2v) is 7.04. The summed E-state index contributed by atoms with van der Waals surface area (Å²) in [6, 6.07) is 0. The van der Waals surface area contributed by atoms with E-state index < -0.39 is 0 Å². The van der Waals surface area contributed by atoms with E-state index in [9.17, 15) is 24.0 Å². The van der Waals surface area contributed by atoms with Crippen LogP contribution in [-0.4, -0.2) is 96.0 Å². The standard InChI is InChI=1S/C19H32N3O5.Y/c1-15(23)10-20(6-8-21(11-16(2)24)12-17(3)25)7-9-22(13-18(4)26)14-19(5)27;/h6H,7-14H2,1-5H3;/q-1;. The second-order valence-electron chi connectivity index (χ2n) is 7.04. The molecule has 0 unspecified atom stereocenters. The number of carbonyl (C=O) groups excluding carboxylic acids is 5. The minimum atomic E-state index is -0.0446. The summed E-state index contributed by atoms with van der Waals surface area (Å²) in [4.78, 5) is 62.3. The molecule has 0 aromatic rings. The molecule has 9 heteroatoms. The fourth-order valence-electron chi connectivity index (χ4n) is 2.68. The van der Waals surface area contributed by atoms with E-state index in [0.29, 0.717) is 19.6 Å². The molecule has 0 aliphatic heterocycles. The molecule has 1 radical (unpaired) electrons. The van der Waals surface area contributed by atoms with Gasteiger partial charge in [-0.3, -0.25) is 35.4 Å². The number of carbonyl (C=O) groups is 5. The maximum atomic E-state index is 11.5. The monoisotopic (exact) mass is 471 g/mol. The van der Waals surface area contributed by atoms with Crippen molar-refractivity contribution in [2.75, 3.05) is 52.4 Å². The molecule has 0 aliphatic carbocycles. The first-order valence-electron chi connectivity index (χ1n) is 8.98. The molecule has 0 N–H and O–H groups in total. The summed E-state index contributed by atoms with van der Waals surface area (Å²) in [5.74, 6) is -0.186. The molecule has 0 saturated heterocycles. The van der Waals surface area contributed by atoms with E-state index in [4.69, 9.17) is 0 Å². The minimum absolute atomic E-state index is 0. The molecule has 0 fully saturated rings. The van der Waals surface area contributed by atoms with Gasteiger partial charge >= 0.3 is 0 Å². The average molecular weight is 471 g/mol. The Kier molecular flexibility index (Phi) is 17.1. The van der Waals surface area contributed by atoms with Crippen molar-refractivity contribution in [2.24, 2.45) is 0 Å². The fraction of sp³-hybridized carbons (Fsp3) is 0.684. The van der Waals surface area contributed by atoms with Crippen LogP contribution in [0.25, 0.3) is 0 Å². The maximum absolute atomic E-state index is 11.5. The first-order valence-corrected chi connectivity index (χ1v) is 8.98. The Labute approximate surface area is 193 Å². The van der Waals surface area contributed by atoms with Crippen LogP contribution in [0.15, 0.2) is 0 Å². The molecule has 0 aliphatic rings. The molecule has 0 amide bonds. The molecule has 0 rings (SSSR count). The van der Waals surface area contributed by atoms with Crippen LogP contribution in [0.5, 0.6) is 0 Å². The normalized spacial score (nSPS) is 10.9. The number of nitrogens with zero attached hydrogens (tertiary/aromatic N) is 3. The minimum Gasteiger partial charge on any atom is -0.448 e. The third kappa shape index (κ3) is 17.4. The molecule has 0 spiro atoms. The van der Waals surface area contributed by atoms with Gasteiger partial charge < -0.3 is 9.80 Å². The zero-order chi connectivity index (χ0) is 21.0. The summed E-state index contributed by atoms with van der Waals surface area (Å²) in [7, 11) is 0. The third-order valence-electron chi connectivity index (χ3n) is 3.51. The summed E-state index contributed by atoms with van der Waals surface area (Å²) < 4.78 is 0. The van der Waals surface area contributed by atoms with Gasteiger partial charge in [-0.2, -0.15) is 0 Å². The summed E-state index contributed by atoms with van der Waals surface area (Å²) in [5.41, 5.74) is 0. The van der Waals surface area contributed by atoms with Crippen LogP contribution < -0.4 is 0 Å². The first-order chi connectivity index (χ1) is 12.5. The van der Waals surface area contributed by atoms with Gasteiger partial charge in [-0.15, -0.1) is 6.54 Å². The largest absolute Gasteiger partial charge is 0.448 e. The van der Waals surface area contributed by atoms with Crippen molar-refractivity contribution in [3.8, 4) is 0 Å². The van der Waals surface area contributed by atoms with Gasteiger partial charge in [0.2, 0.25) is 0 Å². The van der Waals surface area contributed by atoms with Crippen LogP contribution in [0.2, 0.25) is 0 Å². The van der Waals surface area contributed by atoms with Crippen molar-refractivity contribution in [2.45, 2.75) is 34.6 Å². The van der Waals surface area contributed by atoms with Crippen molar-refractivity contribution in [1.29, 1.82) is 0 Å². The molecule has 0 heterocycles. The molecule has 157 valence electrons. The van der Waals surface area contributed by atoms with E-state index >= 15 is 0 Å². The van der Waals surface area contributed by atoms with Gasteiger partial charge in [-0.1, -0.05) is 0 Å². The molecule has 0 aromatic carbocycles. The van der Waals surface area contributed by atoms with Gasteiger partial charge in [0, 0.05) is 45.8 Å². The molecular formula is C19H32N3O5Y-. The molecular weight excluding hydrogens is 439 g/mol. The van der Waals surface area contributed by atoms with Gasteiger partial charge in [0.05, 0.1) is 26.2 Å². The predicted octanol–water partition coefficient (Wildman–Crippen LogP) is -0.00331. The van der Waals surface area contributed by atoms with Crippen LogP contribution in [0.1, 0.15) is 34.6 Å². The predicted molar refractivity (Wildman–Crippen MR) is 102 cm³/mol. The van der Waals surface area contributed by atoms with E-state index in [1.54, 1.807) is 21.2 Å². The summed E-state index contributed by atoms with van der Waals surface area (Å²) in [6.45, 7) is 11.2. The van der Waals surface area contributed by atoms with E-state index in [-0.39, 0.29) is 94.3 Å². The van der Waals surface area contributed by atoms with E-state index in [1.807, 2.05) is 0 Å². The number of ketones is 5. The number of Topliss-reactive ketones (excluding diaryl/α,β-unsaturated/α-hetero) is 5. The SMILES string of the molecule is CC(=O)CN([CH-]CN(CC(C)=O)CC(C)=O)CCN(CC(C)=O)CC(C)=O.[Y]. The Bertz CT molecular complexity index is 482. The average Bonchev–Trinajstić information content (AvgIpc) is 2.46. The number of hydrogen-bond acceptors (Lipinski definition) is 8. The number of hydrogen-bond donors (Lipinski definition) is 0.